The van der Waals surface area contributed by atoms with Gasteiger partial charge in [0.25, 0.3) is 5.89 Å². The van der Waals surface area contributed by atoms with Crippen molar-refractivity contribution in [2.24, 2.45) is 0 Å². The summed E-state index contributed by atoms with van der Waals surface area (Å²) in [5, 5.41) is 4.85. The highest BCUT2D eigenvalue weighted by Crippen LogP contribution is 2.32. The van der Waals surface area contributed by atoms with E-state index in [1.165, 1.54) is 25.3 Å². The van der Waals surface area contributed by atoms with Crippen molar-refractivity contribution in [2.45, 2.75) is 26.1 Å². The van der Waals surface area contributed by atoms with Crippen molar-refractivity contribution in [3.05, 3.63) is 66.2 Å². The molecule has 170 valence electrons. The van der Waals surface area contributed by atoms with Crippen LogP contribution in [-0.2, 0) is 22.6 Å². The maximum Gasteiger partial charge on any atom is 0.387 e. The Bertz CT molecular complexity index is 1260. The SMILES string of the molecule is COc1cc(-c2noc(COC(=O)CCc3ccc4ccccc4n3)n2)ccc1OC(F)F. The molecule has 2 aromatic carbocycles. The molecule has 0 bridgehead atoms. The average molecular weight is 455 g/mol. The quantitative estimate of drug-likeness (QED) is 0.339. The normalized spacial score (nSPS) is 11.0. The van der Waals surface area contributed by atoms with Gasteiger partial charge in [0.15, 0.2) is 18.1 Å². The Hall–Kier alpha value is -4.08. The zero-order chi connectivity index (χ0) is 23.2. The lowest BCUT2D eigenvalue weighted by Gasteiger charge is -2.10. The largest absolute Gasteiger partial charge is 0.493 e. The van der Waals surface area contributed by atoms with Crippen molar-refractivity contribution in [1.82, 2.24) is 15.1 Å². The number of halogens is 2. The van der Waals surface area contributed by atoms with Crippen LogP contribution in [0.5, 0.6) is 11.5 Å². The van der Waals surface area contributed by atoms with E-state index in [-0.39, 0.29) is 36.2 Å². The number of benzene rings is 2. The molecule has 0 unspecified atom stereocenters. The van der Waals surface area contributed by atoms with Crippen molar-refractivity contribution >= 4 is 16.9 Å². The summed E-state index contributed by atoms with van der Waals surface area (Å²) >= 11 is 0. The molecular weight excluding hydrogens is 436 g/mol. The van der Waals surface area contributed by atoms with Crippen LogP contribution in [0.25, 0.3) is 22.3 Å². The van der Waals surface area contributed by atoms with Crippen LogP contribution in [0.3, 0.4) is 0 Å². The van der Waals surface area contributed by atoms with Crippen molar-refractivity contribution in [2.75, 3.05) is 7.11 Å². The second kappa shape index (κ2) is 10.0. The molecule has 0 saturated carbocycles. The first kappa shape index (κ1) is 22.1. The Balaban J connectivity index is 1.32. The van der Waals surface area contributed by atoms with Crippen LogP contribution in [0, 0.1) is 0 Å². The van der Waals surface area contributed by atoms with Gasteiger partial charge in [0.05, 0.1) is 19.0 Å². The average Bonchev–Trinajstić information content (AvgIpc) is 3.30. The van der Waals surface area contributed by atoms with E-state index in [2.05, 4.69) is 19.9 Å². The summed E-state index contributed by atoms with van der Waals surface area (Å²) in [5.74, 6) is -0.181. The molecule has 0 atom stereocenters. The molecule has 0 aliphatic rings. The number of nitrogens with zero attached hydrogens (tertiary/aromatic N) is 3. The van der Waals surface area contributed by atoms with Gasteiger partial charge in [0.1, 0.15) is 0 Å². The molecule has 0 amide bonds. The summed E-state index contributed by atoms with van der Waals surface area (Å²) in [5.41, 5.74) is 2.11. The van der Waals surface area contributed by atoms with Gasteiger partial charge in [0, 0.05) is 23.1 Å². The number of para-hydroxylation sites is 1. The van der Waals surface area contributed by atoms with Gasteiger partial charge in [0.2, 0.25) is 5.82 Å². The van der Waals surface area contributed by atoms with Gasteiger partial charge in [-0.25, -0.2) is 0 Å². The van der Waals surface area contributed by atoms with E-state index in [1.807, 2.05) is 36.4 Å². The highest BCUT2D eigenvalue weighted by molar-refractivity contribution is 5.78. The van der Waals surface area contributed by atoms with Crippen LogP contribution >= 0.6 is 0 Å². The molecule has 0 radical (unpaired) electrons. The van der Waals surface area contributed by atoms with Crippen LogP contribution in [-0.4, -0.2) is 34.8 Å². The van der Waals surface area contributed by atoms with Gasteiger partial charge in [-0.1, -0.05) is 29.4 Å². The van der Waals surface area contributed by atoms with Crippen LogP contribution in [0.4, 0.5) is 8.78 Å². The zero-order valence-corrected chi connectivity index (χ0v) is 17.5. The number of carbonyl (C=O) groups is 1. The fourth-order valence-electron chi connectivity index (χ4n) is 3.12. The standard InChI is InChI=1S/C23H19F2N3O5/c1-30-19-12-15(7-10-18(19)32-23(24)25)22-27-20(33-28-22)13-31-21(29)11-9-16-8-6-14-4-2-3-5-17(14)26-16/h2-8,10,12,23H,9,11,13H2,1H3. The minimum absolute atomic E-state index is 0.0906. The molecule has 0 saturated heterocycles. The van der Waals surface area contributed by atoms with E-state index >= 15 is 0 Å². The first-order valence-electron chi connectivity index (χ1n) is 9.98. The maximum absolute atomic E-state index is 12.5. The molecular formula is C23H19F2N3O5. The lowest BCUT2D eigenvalue weighted by atomic mass is 10.1. The second-order valence-corrected chi connectivity index (χ2v) is 6.91. The summed E-state index contributed by atoms with van der Waals surface area (Å²) in [6, 6.07) is 15.8. The van der Waals surface area contributed by atoms with Crippen molar-refractivity contribution in [1.29, 1.82) is 0 Å². The number of alkyl halides is 2. The number of fused-ring (bicyclic) bond motifs is 1. The molecule has 0 aliphatic carbocycles. The van der Waals surface area contributed by atoms with Crippen LogP contribution in [0.1, 0.15) is 18.0 Å². The number of esters is 1. The molecule has 33 heavy (non-hydrogen) atoms. The fourth-order valence-corrected chi connectivity index (χ4v) is 3.12. The second-order valence-electron chi connectivity index (χ2n) is 6.91. The Morgan fingerprint density at radius 2 is 1.91 bits per heavy atom. The molecule has 4 rings (SSSR count). The topological polar surface area (TPSA) is 96.6 Å². The number of aromatic nitrogens is 3. The Labute approximate surface area is 187 Å². The Morgan fingerprint density at radius 3 is 2.73 bits per heavy atom. The number of hydrogen-bond donors (Lipinski definition) is 0. The molecule has 0 N–H and O–H groups in total. The summed E-state index contributed by atoms with van der Waals surface area (Å²) in [6.07, 6.45) is 0.584. The zero-order valence-electron chi connectivity index (χ0n) is 17.5. The van der Waals surface area contributed by atoms with Crippen molar-refractivity contribution in [3.8, 4) is 22.9 Å². The third-order valence-corrected chi connectivity index (χ3v) is 4.70. The molecule has 2 heterocycles. The number of hydrogen-bond acceptors (Lipinski definition) is 8. The summed E-state index contributed by atoms with van der Waals surface area (Å²) in [6.45, 7) is -3.17. The smallest absolute Gasteiger partial charge is 0.387 e. The van der Waals surface area contributed by atoms with Gasteiger partial charge in [-0.15, -0.1) is 0 Å². The monoisotopic (exact) mass is 455 g/mol. The van der Waals surface area contributed by atoms with E-state index in [4.69, 9.17) is 14.0 Å². The highest BCUT2D eigenvalue weighted by atomic mass is 19.3. The number of methoxy groups -OCH3 is 1. The number of ether oxygens (including phenoxy) is 3. The Morgan fingerprint density at radius 1 is 1.06 bits per heavy atom. The molecule has 0 aliphatic heterocycles. The lowest BCUT2D eigenvalue weighted by molar-refractivity contribution is -0.145. The van der Waals surface area contributed by atoms with Crippen LogP contribution in [0.2, 0.25) is 0 Å². The summed E-state index contributed by atoms with van der Waals surface area (Å²) < 4.78 is 44.7. The highest BCUT2D eigenvalue weighted by Gasteiger charge is 2.16. The van der Waals surface area contributed by atoms with E-state index in [1.54, 1.807) is 0 Å². The minimum atomic E-state index is -2.98. The first-order valence-corrected chi connectivity index (χ1v) is 9.98. The Kier molecular flexibility index (Phi) is 6.72. The molecule has 0 spiro atoms. The molecule has 4 aromatic rings. The predicted molar refractivity (Wildman–Crippen MR) is 113 cm³/mol. The fraction of sp³-hybridized carbons (Fsp3) is 0.217. The van der Waals surface area contributed by atoms with Gasteiger partial charge in [-0.3, -0.25) is 9.78 Å². The third kappa shape index (κ3) is 5.59. The predicted octanol–water partition coefficient (Wildman–Crippen LogP) is 4.57. The van der Waals surface area contributed by atoms with E-state index in [0.717, 1.165) is 16.6 Å². The molecule has 0 fully saturated rings. The molecule has 2 aromatic heterocycles. The number of aryl methyl sites for hydroxylation is 1. The first-order chi connectivity index (χ1) is 16.0. The van der Waals surface area contributed by atoms with Gasteiger partial charge in [-0.05, 0) is 30.3 Å². The van der Waals surface area contributed by atoms with Crippen molar-refractivity contribution < 1.29 is 32.3 Å². The maximum atomic E-state index is 12.5. The summed E-state index contributed by atoms with van der Waals surface area (Å²) in [7, 11) is 1.33. The number of pyridine rings is 1. The minimum Gasteiger partial charge on any atom is -0.493 e. The van der Waals surface area contributed by atoms with Gasteiger partial charge >= 0.3 is 12.6 Å². The number of carbonyl (C=O) groups excluding carboxylic acids is 1. The summed E-state index contributed by atoms with van der Waals surface area (Å²) in [4.78, 5) is 20.8. The molecule has 10 heteroatoms. The van der Waals surface area contributed by atoms with Crippen LogP contribution < -0.4 is 9.47 Å². The van der Waals surface area contributed by atoms with Gasteiger partial charge < -0.3 is 18.7 Å². The van der Waals surface area contributed by atoms with E-state index in [9.17, 15) is 13.6 Å². The van der Waals surface area contributed by atoms with E-state index < -0.39 is 12.6 Å². The number of rotatable bonds is 9. The van der Waals surface area contributed by atoms with Crippen LogP contribution in [0.15, 0.2) is 59.1 Å². The van der Waals surface area contributed by atoms with E-state index in [0.29, 0.717) is 12.0 Å². The van der Waals surface area contributed by atoms with Gasteiger partial charge in [-0.2, -0.15) is 13.8 Å². The molecule has 8 nitrogen and oxygen atoms in total. The van der Waals surface area contributed by atoms with Crippen molar-refractivity contribution in [3.63, 3.8) is 0 Å². The lowest BCUT2D eigenvalue weighted by Crippen LogP contribution is -2.06. The third-order valence-electron chi connectivity index (χ3n) is 4.70.